The van der Waals surface area contributed by atoms with Crippen molar-refractivity contribution in [3.8, 4) is 0 Å². The van der Waals surface area contributed by atoms with Crippen LogP contribution >= 0.6 is 0 Å². The summed E-state index contributed by atoms with van der Waals surface area (Å²) in [4.78, 5) is 11.2. The molecule has 5 heteroatoms. The molecule has 0 aromatic carbocycles. The molecule has 0 radical (unpaired) electrons. The molecule has 1 fully saturated rings. The Bertz CT molecular complexity index is 427. The Kier molecular flexibility index (Phi) is 6.23. The molecule has 0 spiro atoms. The SMILES string of the molecule is CCCNc1ncnc(NCC2CCN(C)CC2)c1CC. The summed E-state index contributed by atoms with van der Waals surface area (Å²) in [5.41, 5.74) is 1.21. The second-order valence-electron chi connectivity index (χ2n) is 5.96. The average molecular weight is 291 g/mol. The van der Waals surface area contributed by atoms with Gasteiger partial charge in [0.05, 0.1) is 0 Å². The molecule has 1 aliphatic rings. The molecule has 118 valence electrons. The number of rotatable bonds is 7. The average Bonchev–Trinajstić information content (AvgIpc) is 2.52. The van der Waals surface area contributed by atoms with E-state index in [-0.39, 0.29) is 0 Å². The van der Waals surface area contributed by atoms with Crippen molar-refractivity contribution in [2.45, 2.75) is 39.5 Å². The topological polar surface area (TPSA) is 53.1 Å². The molecule has 0 atom stereocenters. The molecule has 2 N–H and O–H groups in total. The second kappa shape index (κ2) is 8.17. The van der Waals surface area contributed by atoms with Crippen molar-refractivity contribution in [3.63, 3.8) is 0 Å². The third-order valence-corrected chi connectivity index (χ3v) is 4.24. The molecule has 2 heterocycles. The lowest BCUT2D eigenvalue weighted by Crippen LogP contribution is -2.33. The van der Waals surface area contributed by atoms with Gasteiger partial charge in [0.2, 0.25) is 0 Å². The Morgan fingerprint density at radius 3 is 2.43 bits per heavy atom. The van der Waals surface area contributed by atoms with Crippen LogP contribution in [0.3, 0.4) is 0 Å². The van der Waals surface area contributed by atoms with Crippen molar-refractivity contribution in [1.82, 2.24) is 14.9 Å². The summed E-state index contributed by atoms with van der Waals surface area (Å²) >= 11 is 0. The van der Waals surface area contributed by atoms with Gasteiger partial charge in [-0.1, -0.05) is 13.8 Å². The zero-order valence-corrected chi connectivity index (χ0v) is 13.7. The Morgan fingerprint density at radius 2 is 1.81 bits per heavy atom. The molecule has 0 amide bonds. The number of aromatic nitrogens is 2. The first-order chi connectivity index (χ1) is 10.2. The van der Waals surface area contributed by atoms with Crippen molar-refractivity contribution in [2.75, 3.05) is 43.9 Å². The quantitative estimate of drug-likeness (QED) is 0.809. The Morgan fingerprint density at radius 1 is 1.14 bits per heavy atom. The normalized spacial score (nSPS) is 16.9. The fourth-order valence-corrected chi connectivity index (χ4v) is 2.80. The first kappa shape index (κ1) is 16.0. The van der Waals surface area contributed by atoms with Gasteiger partial charge in [0, 0.05) is 18.7 Å². The summed E-state index contributed by atoms with van der Waals surface area (Å²) in [5.74, 6) is 2.75. The van der Waals surface area contributed by atoms with Crippen LogP contribution in [0.2, 0.25) is 0 Å². The Labute approximate surface area is 128 Å². The zero-order chi connectivity index (χ0) is 15.1. The molecule has 1 aromatic rings. The highest BCUT2D eigenvalue weighted by Crippen LogP contribution is 2.22. The van der Waals surface area contributed by atoms with Crippen LogP contribution in [0, 0.1) is 5.92 Å². The maximum atomic E-state index is 4.44. The van der Waals surface area contributed by atoms with Crippen LogP contribution < -0.4 is 10.6 Å². The lowest BCUT2D eigenvalue weighted by molar-refractivity contribution is 0.226. The zero-order valence-electron chi connectivity index (χ0n) is 13.7. The first-order valence-electron chi connectivity index (χ1n) is 8.24. The van der Waals surface area contributed by atoms with Gasteiger partial charge in [0.1, 0.15) is 18.0 Å². The minimum Gasteiger partial charge on any atom is -0.370 e. The summed E-state index contributed by atoms with van der Waals surface area (Å²) in [6.45, 7) is 8.72. The fraction of sp³-hybridized carbons (Fsp3) is 0.750. The van der Waals surface area contributed by atoms with Crippen molar-refractivity contribution < 1.29 is 0 Å². The number of piperidine rings is 1. The van der Waals surface area contributed by atoms with E-state index in [0.717, 1.165) is 43.5 Å². The summed E-state index contributed by atoms with van der Waals surface area (Å²) in [5, 5.41) is 6.96. The van der Waals surface area contributed by atoms with E-state index in [1.807, 2.05) is 0 Å². The van der Waals surface area contributed by atoms with E-state index in [9.17, 15) is 0 Å². The van der Waals surface area contributed by atoms with E-state index < -0.39 is 0 Å². The van der Waals surface area contributed by atoms with Crippen LogP contribution in [0.5, 0.6) is 0 Å². The van der Waals surface area contributed by atoms with Crippen LogP contribution in [-0.4, -0.2) is 48.1 Å². The maximum absolute atomic E-state index is 4.44. The fourth-order valence-electron chi connectivity index (χ4n) is 2.80. The van der Waals surface area contributed by atoms with Crippen LogP contribution in [0.15, 0.2) is 6.33 Å². The third kappa shape index (κ3) is 4.56. The summed E-state index contributed by atoms with van der Waals surface area (Å²) in [6.07, 6.45) is 6.26. The lowest BCUT2D eigenvalue weighted by atomic mass is 9.97. The van der Waals surface area contributed by atoms with Gasteiger partial charge in [-0.25, -0.2) is 9.97 Å². The molecule has 2 rings (SSSR count). The van der Waals surface area contributed by atoms with E-state index in [4.69, 9.17) is 0 Å². The standard InChI is InChI=1S/C16H29N5/c1-4-8-17-15-14(5-2)16(20-12-19-15)18-11-13-6-9-21(3)10-7-13/h12-13H,4-11H2,1-3H3,(H2,17,18,19,20). The van der Waals surface area contributed by atoms with Crippen molar-refractivity contribution >= 4 is 11.6 Å². The van der Waals surface area contributed by atoms with E-state index in [2.05, 4.69) is 46.4 Å². The number of anilines is 2. The molecule has 1 aromatic heterocycles. The number of nitrogens with one attached hydrogen (secondary N) is 2. The van der Waals surface area contributed by atoms with Crippen LogP contribution in [-0.2, 0) is 6.42 Å². The van der Waals surface area contributed by atoms with Gasteiger partial charge in [-0.3, -0.25) is 0 Å². The van der Waals surface area contributed by atoms with Crippen molar-refractivity contribution in [3.05, 3.63) is 11.9 Å². The second-order valence-corrected chi connectivity index (χ2v) is 5.96. The Hall–Kier alpha value is -1.36. The van der Waals surface area contributed by atoms with Gasteiger partial charge in [-0.2, -0.15) is 0 Å². The van der Waals surface area contributed by atoms with Gasteiger partial charge in [0.25, 0.3) is 0 Å². The largest absolute Gasteiger partial charge is 0.370 e. The van der Waals surface area contributed by atoms with Crippen molar-refractivity contribution in [2.24, 2.45) is 5.92 Å². The molecule has 1 aliphatic heterocycles. The molecule has 0 unspecified atom stereocenters. The highest BCUT2D eigenvalue weighted by Gasteiger charge is 2.17. The number of hydrogen-bond acceptors (Lipinski definition) is 5. The van der Waals surface area contributed by atoms with E-state index in [0.29, 0.717) is 0 Å². The van der Waals surface area contributed by atoms with E-state index >= 15 is 0 Å². The molecule has 5 nitrogen and oxygen atoms in total. The van der Waals surface area contributed by atoms with Crippen LogP contribution in [0.4, 0.5) is 11.6 Å². The van der Waals surface area contributed by atoms with Crippen LogP contribution in [0.1, 0.15) is 38.7 Å². The highest BCUT2D eigenvalue weighted by molar-refractivity contribution is 5.57. The maximum Gasteiger partial charge on any atom is 0.134 e. The predicted octanol–water partition coefficient (Wildman–Crippen LogP) is 2.61. The minimum atomic E-state index is 0.757. The molecular formula is C16H29N5. The van der Waals surface area contributed by atoms with Crippen LogP contribution in [0.25, 0.3) is 0 Å². The molecule has 0 aliphatic carbocycles. The van der Waals surface area contributed by atoms with Crippen molar-refractivity contribution in [1.29, 1.82) is 0 Å². The monoisotopic (exact) mass is 291 g/mol. The van der Waals surface area contributed by atoms with E-state index in [1.54, 1.807) is 6.33 Å². The summed E-state index contributed by atoms with van der Waals surface area (Å²) < 4.78 is 0. The van der Waals surface area contributed by atoms with Gasteiger partial charge >= 0.3 is 0 Å². The summed E-state index contributed by atoms with van der Waals surface area (Å²) in [6, 6.07) is 0. The number of likely N-dealkylation sites (tertiary alicyclic amines) is 1. The summed E-state index contributed by atoms with van der Waals surface area (Å²) in [7, 11) is 2.20. The Balaban J connectivity index is 1.95. The highest BCUT2D eigenvalue weighted by atomic mass is 15.1. The van der Waals surface area contributed by atoms with Gasteiger partial charge in [0.15, 0.2) is 0 Å². The van der Waals surface area contributed by atoms with E-state index in [1.165, 1.54) is 31.5 Å². The predicted molar refractivity (Wildman–Crippen MR) is 88.9 cm³/mol. The van der Waals surface area contributed by atoms with Gasteiger partial charge < -0.3 is 15.5 Å². The molecule has 21 heavy (non-hydrogen) atoms. The first-order valence-corrected chi connectivity index (χ1v) is 8.24. The third-order valence-electron chi connectivity index (χ3n) is 4.24. The number of hydrogen-bond donors (Lipinski definition) is 2. The lowest BCUT2D eigenvalue weighted by Gasteiger charge is -2.29. The number of nitrogens with zero attached hydrogens (tertiary/aromatic N) is 3. The molecular weight excluding hydrogens is 262 g/mol. The smallest absolute Gasteiger partial charge is 0.134 e. The van der Waals surface area contributed by atoms with Gasteiger partial charge in [-0.05, 0) is 51.7 Å². The molecule has 1 saturated heterocycles. The van der Waals surface area contributed by atoms with Gasteiger partial charge in [-0.15, -0.1) is 0 Å². The molecule has 0 saturated carbocycles. The minimum absolute atomic E-state index is 0.757. The molecule has 0 bridgehead atoms.